The van der Waals surface area contributed by atoms with Crippen LogP contribution in [0.5, 0.6) is 5.75 Å². The molecule has 1 amide bonds. The maximum atomic E-state index is 13.0. The van der Waals surface area contributed by atoms with Gasteiger partial charge < -0.3 is 14.8 Å². The van der Waals surface area contributed by atoms with E-state index in [1.165, 1.54) is 33.3 Å². The van der Waals surface area contributed by atoms with E-state index in [2.05, 4.69) is 22.3 Å². The van der Waals surface area contributed by atoms with Crippen molar-refractivity contribution >= 4 is 15.9 Å². The number of methoxy groups -OCH3 is 1. The molecule has 0 aliphatic carbocycles. The van der Waals surface area contributed by atoms with Gasteiger partial charge in [0.2, 0.25) is 10.0 Å². The molecule has 3 rings (SSSR count). The molecule has 8 nitrogen and oxygen atoms in total. The van der Waals surface area contributed by atoms with Crippen molar-refractivity contribution in [1.29, 1.82) is 0 Å². The first-order chi connectivity index (χ1) is 15.2. The van der Waals surface area contributed by atoms with Crippen molar-refractivity contribution in [2.45, 2.75) is 17.9 Å². The molecule has 0 aromatic heterocycles. The zero-order chi connectivity index (χ0) is 23.3. The smallest absolute Gasteiger partial charge is 0.251 e. The van der Waals surface area contributed by atoms with Crippen molar-refractivity contribution in [3.63, 3.8) is 0 Å². The van der Waals surface area contributed by atoms with Crippen molar-refractivity contribution in [1.82, 2.24) is 14.5 Å². The SMILES string of the molecule is COc1ccc(C(=O)NCC(c2cccc(C)c2)N2CCOCC2)cc1S(=O)(=O)N(C)C. The Bertz CT molecular complexity index is 1050. The minimum absolute atomic E-state index is 0.00836. The van der Waals surface area contributed by atoms with Crippen LogP contribution in [0, 0.1) is 6.92 Å². The number of carbonyl (C=O) groups excluding carboxylic acids is 1. The second-order valence-corrected chi connectivity index (χ2v) is 10.1. The highest BCUT2D eigenvalue weighted by Gasteiger charge is 2.26. The van der Waals surface area contributed by atoms with E-state index in [-0.39, 0.29) is 28.2 Å². The van der Waals surface area contributed by atoms with Crippen LogP contribution in [0.3, 0.4) is 0 Å². The predicted octanol–water partition coefficient (Wildman–Crippen LogP) is 2.06. The second-order valence-electron chi connectivity index (χ2n) is 7.94. The largest absolute Gasteiger partial charge is 0.495 e. The number of rotatable bonds is 8. The number of ether oxygens (including phenoxy) is 2. The molecule has 1 saturated heterocycles. The Morgan fingerprint density at radius 3 is 2.53 bits per heavy atom. The van der Waals surface area contributed by atoms with Crippen LogP contribution in [0.25, 0.3) is 0 Å². The van der Waals surface area contributed by atoms with E-state index in [0.29, 0.717) is 19.8 Å². The Labute approximate surface area is 190 Å². The molecule has 2 aromatic rings. The van der Waals surface area contributed by atoms with Crippen molar-refractivity contribution in [2.24, 2.45) is 0 Å². The molecule has 1 N–H and O–H groups in total. The normalized spacial score (nSPS) is 16.0. The Kier molecular flexibility index (Phi) is 7.89. The summed E-state index contributed by atoms with van der Waals surface area (Å²) in [7, 11) is 0.517. The molecule has 1 aliphatic heterocycles. The summed E-state index contributed by atoms with van der Waals surface area (Å²) >= 11 is 0. The molecule has 32 heavy (non-hydrogen) atoms. The maximum absolute atomic E-state index is 13.0. The number of carbonyl (C=O) groups is 1. The number of aryl methyl sites for hydroxylation is 1. The number of sulfonamides is 1. The Morgan fingerprint density at radius 2 is 1.91 bits per heavy atom. The average Bonchev–Trinajstić information content (AvgIpc) is 2.79. The molecule has 9 heteroatoms. The lowest BCUT2D eigenvalue weighted by atomic mass is 10.0. The van der Waals surface area contributed by atoms with E-state index in [0.717, 1.165) is 28.5 Å². The monoisotopic (exact) mass is 461 g/mol. The highest BCUT2D eigenvalue weighted by molar-refractivity contribution is 7.89. The third kappa shape index (κ3) is 5.47. The van der Waals surface area contributed by atoms with Gasteiger partial charge in [-0.25, -0.2) is 12.7 Å². The molecular formula is C23H31N3O5S. The molecule has 1 heterocycles. The summed E-state index contributed by atoms with van der Waals surface area (Å²) in [6, 6.07) is 12.7. The summed E-state index contributed by atoms with van der Waals surface area (Å²) in [6.07, 6.45) is 0. The van der Waals surface area contributed by atoms with Crippen molar-refractivity contribution < 1.29 is 22.7 Å². The van der Waals surface area contributed by atoms with Crippen LogP contribution in [-0.4, -0.2) is 77.6 Å². The molecule has 0 radical (unpaired) electrons. The fourth-order valence-corrected chi connectivity index (χ4v) is 4.81. The number of nitrogens with zero attached hydrogens (tertiary/aromatic N) is 2. The molecule has 0 spiro atoms. The van der Waals surface area contributed by atoms with Crippen LogP contribution < -0.4 is 10.1 Å². The van der Waals surface area contributed by atoms with Gasteiger partial charge in [-0.05, 0) is 30.7 Å². The van der Waals surface area contributed by atoms with Crippen LogP contribution >= 0.6 is 0 Å². The number of hydrogen-bond donors (Lipinski definition) is 1. The van der Waals surface area contributed by atoms with Gasteiger partial charge in [0.25, 0.3) is 5.91 Å². The average molecular weight is 462 g/mol. The Morgan fingerprint density at radius 1 is 1.19 bits per heavy atom. The predicted molar refractivity (Wildman–Crippen MR) is 123 cm³/mol. The first-order valence-electron chi connectivity index (χ1n) is 10.5. The number of nitrogens with one attached hydrogen (secondary N) is 1. The van der Waals surface area contributed by atoms with E-state index in [4.69, 9.17) is 9.47 Å². The van der Waals surface area contributed by atoms with Gasteiger partial charge in [-0.15, -0.1) is 0 Å². The zero-order valence-corrected chi connectivity index (χ0v) is 19.8. The van der Waals surface area contributed by atoms with Gasteiger partial charge in [0, 0.05) is 39.3 Å². The second kappa shape index (κ2) is 10.4. The highest BCUT2D eigenvalue weighted by Crippen LogP contribution is 2.27. The van der Waals surface area contributed by atoms with E-state index in [9.17, 15) is 13.2 Å². The lowest BCUT2D eigenvalue weighted by Gasteiger charge is -2.35. The van der Waals surface area contributed by atoms with Crippen molar-refractivity contribution in [3.8, 4) is 5.75 Å². The van der Waals surface area contributed by atoms with Crippen LogP contribution in [-0.2, 0) is 14.8 Å². The topological polar surface area (TPSA) is 88.2 Å². The van der Waals surface area contributed by atoms with Crippen LogP contribution in [0.15, 0.2) is 47.4 Å². The Balaban J connectivity index is 1.83. The minimum atomic E-state index is -3.77. The minimum Gasteiger partial charge on any atom is -0.495 e. The van der Waals surface area contributed by atoms with E-state index in [1.54, 1.807) is 6.07 Å². The van der Waals surface area contributed by atoms with Gasteiger partial charge in [-0.2, -0.15) is 0 Å². The van der Waals surface area contributed by atoms with Crippen LogP contribution in [0.1, 0.15) is 27.5 Å². The highest BCUT2D eigenvalue weighted by atomic mass is 32.2. The zero-order valence-electron chi connectivity index (χ0n) is 19.0. The third-order valence-corrected chi connectivity index (χ3v) is 7.39. The molecular weight excluding hydrogens is 430 g/mol. The molecule has 174 valence electrons. The lowest BCUT2D eigenvalue weighted by Crippen LogP contribution is -2.43. The number of hydrogen-bond acceptors (Lipinski definition) is 6. The van der Waals surface area contributed by atoms with Gasteiger partial charge >= 0.3 is 0 Å². The molecule has 1 atom stereocenters. The van der Waals surface area contributed by atoms with E-state index < -0.39 is 10.0 Å². The molecule has 0 bridgehead atoms. The molecule has 0 saturated carbocycles. The van der Waals surface area contributed by atoms with Gasteiger partial charge in [-0.1, -0.05) is 29.8 Å². The summed E-state index contributed by atoms with van der Waals surface area (Å²) in [4.78, 5) is 15.2. The van der Waals surface area contributed by atoms with Gasteiger partial charge in [-0.3, -0.25) is 9.69 Å². The van der Waals surface area contributed by atoms with Crippen LogP contribution in [0.2, 0.25) is 0 Å². The number of morpholine rings is 1. The molecule has 1 aliphatic rings. The van der Waals surface area contributed by atoms with Gasteiger partial charge in [0.05, 0.1) is 26.4 Å². The standard InChI is InChI=1S/C23H31N3O5S/c1-17-6-5-7-18(14-17)20(26-10-12-31-13-11-26)16-24-23(27)19-8-9-21(30-4)22(15-19)32(28,29)25(2)3/h5-9,14-15,20H,10-13,16H2,1-4H3,(H,24,27). The summed E-state index contributed by atoms with van der Waals surface area (Å²) < 4.78 is 37.1. The van der Waals surface area contributed by atoms with Crippen molar-refractivity contribution in [3.05, 3.63) is 59.2 Å². The third-order valence-electron chi connectivity index (χ3n) is 5.55. The van der Waals surface area contributed by atoms with Crippen molar-refractivity contribution in [2.75, 3.05) is 54.1 Å². The molecule has 1 unspecified atom stereocenters. The summed E-state index contributed by atoms with van der Waals surface area (Å²) in [5.41, 5.74) is 2.54. The molecule has 1 fully saturated rings. The lowest BCUT2D eigenvalue weighted by molar-refractivity contribution is 0.0162. The number of benzene rings is 2. The summed E-state index contributed by atoms with van der Waals surface area (Å²) in [6.45, 7) is 5.30. The van der Waals surface area contributed by atoms with E-state index in [1.807, 2.05) is 19.1 Å². The number of amides is 1. The summed E-state index contributed by atoms with van der Waals surface area (Å²) in [5, 5.41) is 2.99. The molecule has 2 aromatic carbocycles. The van der Waals surface area contributed by atoms with Gasteiger partial charge in [0.1, 0.15) is 10.6 Å². The fourth-order valence-electron chi connectivity index (χ4n) is 3.73. The quantitative estimate of drug-likeness (QED) is 0.648. The first kappa shape index (κ1) is 24.2. The fraction of sp³-hybridized carbons (Fsp3) is 0.435. The summed E-state index contributed by atoms with van der Waals surface area (Å²) in [5.74, 6) is -0.144. The first-order valence-corrected chi connectivity index (χ1v) is 11.9. The van der Waals surface area contributed by atoms with E-state index >= 15 is 0 Å². The van der Waals surface area contributed by atoms with Crippen LogP contribution in [0.4, 0.5) is 0 Å². The Hall–Kier alpha value is -2.46. The maximum Gasteiger partial charge on any atom is 0.251 e. The van der Waals surface area contributed by atoms with Gasteiger partial charge in [0.15, 0.2) is 0 Å².